The number of fused-ring (bicyclic) bond motifs is 1. The molecule has 1 N–H and O–H groups in total. The lowest BCUT2D eigenvalue weighted by Crippen LogP contribution is -2.24. The molecule has 6 nitrogen and oxygen atoms in total. The maximum atomic E-state index is 12.8. The number of halogens is 1. The van der Waals surface area contributed by atoms with E-state index in [9.17, 15) is 9.59 Å². The fourth-order valence-corrected chi connectivity index (χ4v) is 4.67. The van der Waals surface area contributed by atoms with Gasteiger partial charge in [-0.2, -0.15) is 5.10 Å². The molecule has 8 heteroatoms. The van der Waals surface area contributed by atoms with Gasteiger partial charge in [-0.25, -0.2) is 10.2 Å². The molecule has 0 fully saturated rings. The SMILES string of the molecule is C=CCc1ccccc1OCC(=O)N/N=C\c1ccccc1OC(=O)c1sc2ccccc2c1Cl. The Morgan fingerprint density at radius 2 is 1.71 bits per heavy atom. The van der Waals surface area contributed by atoms with E-state index >= 15 is 0 Å². The molecule has 35 heavy (non-hydrogen) atoms. The number of amides is 1. The lowest BCUT2D eigenvalue weighted by atomic mass is 10.1. The van der Waals surface area contributed by atoms with Gasteiger partial charge in [0.25, 0.3) is 5.91 Å². The van der Waals surface area contributed by atoms with Gasteiger partial charge in [-0.15, -0.1) is 17.9 Å². The van der Waals surface area contributed by atoms with Gasteiger partial charge in [0, 0.05) is 15.6 Å². The lowest BCUT2D eigenvalue weighted by molar-refractivity contribution is -0.123. The third-order valence-electron chi connectivity index (χ3n) is 4.93. The number of ether oxygens (including phenoxy) is 2. The zero-order valence-corrected chi connectivity index (χ0v) is 20.1. The summed E-state index contributed by atoms with van der Waals surface area (Å²) in [5.74, 6) is -0.0869. The number of hydrazone groups is 1. The fourth-order valence-electron chi connectivity index (χ4n) is 3.29. The number of nitrogens with zero attached hydrogens (tertiary/aromatic N) is 1. The minimum absolute atomic E-state index is 0.202. The van der Waals surface area contributed by atoms with Crippen molar-refractivity contribution in [2.75, 3.05) is 6.61 Å². The van der Waals surface area contributed by atoms with Gasteiger partial charge in [-0.05, 0) is 36.2 Å². The van der Waals surface area contributed by atoms with Crippen LogP contribution in [0, 0.1) is 0 Å². The van der Waals surface area contributed by atoms with E-state index in [-0.39, 0.29) is 6.61 Å². The molecule has 1 heterocycles. The predicted octanol–water partition coefficient (Wildman–Crippen LogP) is 6.03. The first-order chi connectivity index (χ1) is 17.1. The minimum Gasteiger partial charge on any atom is -0.483 e. The average molecular weight is 505 g/mol. The summed E-state index contributed by atoms with van der Waals surface area (Å²) < 4.78 is 12.1. The second kappa shape index (κ2) is 11.5. The molecular weight excluding hydrogens is 484 g/mol. The topological polar surface area (TPSA) is 77.0 Å². The van der Waals surface area contributed by atoms with Crippen LogP contribution in [0.4, 0.5) is 0 Å². The van der Waals surface area contributed by atoms with Gasteiger partial charge in [-0.1, -0.05) is 66.2 Å². The molecule has 176 valence electrons. The molecule has 3 aromatic carbocycles. The Hall–Kier alpha value is -3.94. The van der Waals surface area contributed by atoms with Gasteiger partial charge in [0.15, 0.2) is 6.61 Å². The van der Waals surface area contributed by atoms with Gasteiger partial charge >= 0.3 is 5.97 Å². The van der Waals surface area contributed by atoms with Gasteiger partial charge in [-0.3, -0.25) is 4.79 Å². The number of para-hydroxylation sites is 2. The fraction of sp³-hybridized carbons (Fsp3) is 0.0741. The summed E-state index contributed by atoms with van der Waals surface area (Å²) in [4.78, 5) is 25.3. The summed E-state index contributed by atoms with van der Waals surface area (Å²) in [5.41, 5.74) is 3.87. The van der Waals surface area contributed by atoms with E-state index in [1.54, 1.807) is 36.4 Å². The van der Waals surface area contributed by atoms with Crippen molar-refractivity contribution < 1.29 is 19.1 Å². The van der Waals surface area contributed by atoms with Crippen LogP contribution in [-0.4, -0.2) is 24.7 Å². The van der Waals surface area contributed by atoms with Crippen LogP contribution in [0.5, 0.6) is 11.5 Å². The van der Waals surface area contributed by atoms with E-state index in [0.29, 0.717) is 33.4 Å². The molecule has 0 aliphatic carbocycles. The van der Waals surface area contributed by atoms with Crippen LogP contribution < -0.4 is 14.9 Å². The van der Waals surface area contributed by atoms with Gasteiger partial charge in [0.05, 0.1) is 11.2 Å². The van der Waals surface area contributed by atoms with Crippen molar-refractivity contribution >= 4 is 51.1 Å². The lowest BCUT2D eigenvalue weighted by Gasteiger charge is -2.09. The molecule has 0 saturated heterocycles. The van der Waals surface area contributed by atoms with Crippen LogP contribution in [0.3, 0.4) is 0 Å². The van der Waals surface area contributed by atoms with Crippen molar-refractivity contribution in [2.24, 2.45) is 5.10 Å². The summed E-state index contributed by atoms with van der Waals surface area (Å²) in [7, 11) is 0. The van der Waals surface area contributed by atoms with Crippen molar-refractivity contribution in [2.45, 2.75) is 6.42 Å². The Bertz CT molecular complexity index is 1410. The molecule has 0 radical (unpaired) electrons. The number of hydrogen-bond acceptors (Lipinski definition) is 6. The number of rotatable bonds is 9. The summed E-state index contributed by atoms with van der Waals surface area (Å²) in [6, 6.07) is 21.8. The molecule has 0 bridgehead atoms. The zero-order chi connectivity index (χ0) is 24.6. The maximum absolute atomic E-state index is 12.8. The van der Waals surface area contributed by atoms with Crippen LogP contribution in [-0.2, 0) is 11.2 Å². The number of nitrogens with one attached hydrogen (secondary N) is 1. The van der Waals surface area contributed by atoms with Crippen LogP contribution in [0.2, 0.25) is 5.02 Å². The van der Waals surface area contributed by atoms with Crippen LogP contribution >= 0.6 is 22.9 Å². The molecule has 0 aliphatic heterocycles. The third kappa shape index (κ3) is 5.95. The summed E-state index contributed by atoms with van der Waals surface area (Å²) in [6.07, 6.45) is 3.81. The summed E-state index contributed by atoms with van der Waals surface area (Å²) in [5, 5.41) is 5.14. The Labute approximate surface area is 211 Å². The first kappa shape index (κ1) is 24.2. The summed E-state index contributed by atoms with van der Waals surface area (Å²) >= 11 is 7.67. The van der Waals surface area contributed by atoms with Crippen LogP contribution in [0.15, 0.2) is 90.6 Å². The quantitative estimate of drug-likeness (QED) is 0.0992. The van der Waals surface area contributed by atoms with Crippen LogP contribution in [0.25, 0.3) is 10.1 Å². The molecule has 0 spiro atoms. The highest BCUT2D eigenvalue weighted by Gasteiger charge is 2.19. The van der Waals surface area contributed by atoms with Gasteiger partial charge in [0.2, 0.25) is 0 Å². The van der Waals surface area contributed by atoms with E-state index in [2.05, 4.69) is 17.1 Å². The third-order valence-corrected chi connectivity index (χ3v) is 6.59. The number of allylic oxidation sites excluding steroid dienone is 1. The first-order valence-electron chi connectivity index (χ1n) is 10.7. The van der Waals surface area contributed by atoms with Crippen molar-refractivity contribution in [3.63, 3.8) is 0 Å². The zero-order valence-electron chi connectivity index (χ0n) is 18.6. The normalized spacial score (nSPS) is 10.9. The van der Waals surface area contributed by atoms with Crippen molar-refractivity contribution in [1.29, 1.82) is 0 Å². The minimum atomic E-state index is -0.562. The molecule has 0 aliphatic rings. The largest absolute Gasteiger partial charge is 0.483 e. The molecule has 1 amide bonds. The predicted molar refractivity (Wildman–Crippen MR) is 140 cm³/mol. The number of esters is 1. The number of carbonyl (C=O) groups excluding carboxylic acids is 2. The molecular formula is C27H21ClN2O4S. The smallest absolute Gasteiger partial charge is 0.355 e. The average Bonchev–Trinajstić information content (AvgIpc) is 3.21. The molecule has 4 aromatic rings. The Morgan fingerprint density at radius 3 is 2.51 bits per heavy atom. The molecule has 0 atom stereocenters. The number of thiophene rings is 1. The number of hydrogen-bond donors (Lipinski definition) is 1. The van der Waals surface area contributed by atoms with E-state index in [1.807, 2.05) is 42.5 Å². The van der Waals surface area contributed by atoms with Crippen molar-refractivity contribution in [1.82, 2.24) is 5.43 Å². The highest BCUT2D eigenvalue weighted by atomic mass is 35.5. The highest BCUT2D eigenvalue weighted by Crippen LogP contribution is 2.36. The van der Waals surface area contributed by atoms with E-state index in [0.717, 1.165) is 15.6 Å². The van der Waals surface area contributed by atoms with Gasteiger partial charge < -0.3 is 9.47 Å². The van der Waals surface area contributed by atoms with E-state index in [4.69, 9.17) is 21.1 Å². The maximum Gasteiger partial charge on any atom is 0.355 e. The monoisotopic (exact) mass is 504 g/mol. The van der Waals surface area contributed by atoms with E-state index in [1.165, 1.54) is 17.6 Å². The van der Waals surface area contributed by atoms with Crippen LogP contribution in [0.1, 0.15) is 20.8 Å². The number of benzene rings is 3. The molecule has 1 aromatic heterocycles. The second-order valence-corrected chi connectivity index (χ2v) is 8.78. The van der Waals surface area contributed by atoms with E-state index < -0.39 is 11.9 Å². The molecule has 0 saturated carbocycles. The standard InChI is InChI=1S/C27H21ClN2O4S/c1-2-9-18-10-3-6-13-21(18)33-17-24(31)30-29-16-19-11-4-7-14-22(19)34-27(32)26-25(28)20-12-5-8-15-23(20)35-26/h2-8,10-16H,1,9,17H2,(H,30,31)/b29-16-. The second-order valence-electron chi connectivity index (χ2n) is 7.35. The molecule has 4 rings (SSSR count). The first-order valence-corrected chi connectivity index (χ1v) is 11.9. The number of carbonyl (C=O) groups is 2. The molecule has 0 unspecified atom stereocenters. The highest BCUT2D eigenvalue weighted by molar-refractivity contribution is 7.21. The Balaban J connectivity index is 1.38. The Kier molecular flexibility index (Phi) is 7.92. The Morgan fingerprint density at radius 1 is 1.00 bits per heavy atom. The summed E-state index contributed by atoms with van der Waals surface area (Å²) in [6.45, 7) is 3.52. The van der Waals surface area contributed by atoms with Crippen molar-refractivity contribution in [3.8, 4) is 11.5 Å². The van der Waals surface area contributed by atoms with Gasteiger partial charge in [0.1, 0.15) is 16.4 Å². The van der Waals surface area contributed by atoms with Crippen molar-refractivity contribution in [3.05, 3.63) is 106 Å².